The summed E-state index contributed by atoms with van der Waals surface area (Å²) in [7, 11) is 1.58. The predicted molar refractivity (Wildman–Crippen MR) is 123 cm³/mol. The quantitative estimate of drug-likeness (QED) is 0.241. The van der Waals surface area contributed by atoms with Gasteiger partial charge in [0.1, 0.15) is 0 Å². The summed E-state index contributed by atoms with van der Waals surface area (Å²) in [6.45, 7) is 2.30. The van der Waals surface area contributed by atoms with Gasteiger partial charge in [0.25, 0.3) is 0 Å². The van der Waals surface area contributed by atoms with Gasteiger partial charge >= 0.3 is 0 Å². The SMILES string of the molecule is C#Cc1cccc(NC(=O)CNC(=NC)NCC(C)c2ccc(F)c(F)c2)c1.I. The molecule has 0 aliphatic heterocycles. The molecule has 0 aliphatic carbocycles. The van der Waals surface area contributed by atoms with E-state index in [9.17, 15) is 13.6 Å². The second-order valence-corrected chi connectivity index (χ2v) is 6.15. The lowest BCUT2D eigenvalue weighted by molar-refractivity contribution is -0.115. The number of benzene rings is 2. The highest BCUT2D eigenvalue weighted by Gasteiger charge is 2.11. The number of nitrogens with one attached hydrogen (secondary N) is 3. The molecular formula is C21H23F2IN4O. The summed E-state index contributed by atoms with van der Waals surface area (Å²) in [5.41, 5.74) is 1.94. The van der Waals surface area contributed by atoms with Crippen molar-refractivity contribution in [2.75, 3.05) is 25.5 Å². The van der Waals surface area contributed by atoms with Gasteiger partial charge in [0.15, 0.2) is 17.6 Å². The first kappa shape index (κ1) is 24.4. The van der Waals surface area contributed by atoms with Crippen molar-refractivity contribution < 1.29 is 13.6 Å². The maximum Gasteiger partial charge on any atom is 0.243 e. The molecule has 2 aromatic carbocycles. The van der Waals surface area contributed by atoms with Gasteiger partial charge in [-0.1, -0.05) is 25.0 Å². The highest BCUT2D eigenvalue weighted by molar-refractivity contribution is 14.0. The van der Waals surface area contributed by atoms with E-state index in [1.807, 2.05) is 6.92 Å². The van der Waals surface area contributed by atoms with Crippen LogP contribution < -0.4 is 16.0 Å². The third kappa shape index (κ3) is 7.69. The first-order valence-electron chi connectivity index (χ1n) is 8.69. The largest absolute Gasteiger partial charge is 0.356 e. The normalized spacial score (nSPS) is 11.6. The van der Waals surface area contributed by atoms with E-state index in [2.05, 4.69) is 26.9 Å². The Morgan fingerprint density at radius 3 is 2.59 bits per heavy atom. The van der Waals surface area contributed by atoms with Gasteiger partial charge in [0.05, 0.1) is 6.54 Å². The van der Waals surface area contributed by atoms with E-state index in [-0.39, 0.29) is 42.3 Å². The van der Waals surface area contributed by atoms with Gasteiger partial charge in [0, 0.05) is 24.8 Å². The van der Waals surface area contributed by atoms with Gasteiger partial charge < -0.3 is 16.0 Å². The predicted octanol–water partition coefficient (Wildman–Crippen LogP) is 3.47. The van der Waals surface area contributed by atoms with Crippen LogP contribution in [-0.4, -0.2) is 32.0 Å². The summed E-state index contributed by atoms with van der Waals surface area (Å²) in [6, 6.07) is 10.8. The molecule has 1 amide bonds. The van der Waals surface area contributed by atoms with Crippen molar-refractivity contribution in [3.8, 4) is 12.3 Å². The lowest BCUT2D eigenvalue weighted by Crippen LogP contribution is -2.42. The number of terminal acetylenes is 1. The van der Waals surface area contributed by atoms with Gasteiger partial charge in [-0.15, -0.1) is 30.4 Å². The van der Waals surface area contributed by atoms with Crippen molar-refractivity contribution >= 4 is 41.5 Å². The molecule has 0 radical (unpaired) electrons. The molecule has 0 heterocycles. The van der Waals surface area contributed by atoms with Gasteiger partial charge in [-0.05, 0) is 41.8 Å². The standard InChI is InChI=1S/C21H22F2N4O.HI/c1-4-15-6-5-7-17(10-15)27-20(28)13-26-21(24-3)25-12-14(2)16-8-9-18(22)19(23)11-16;/h1,5-11,14H,12-13H2,2-3H3,(H,27,28)(H2,24,25,26);1H. The zero-order valence-corrected chi connectivity index (χ0v) is 18.5. The number of carbonyl (C=O) groups excluding carboxylic acids is 1. The summed E-state index contributed by atoms with van der Waals surface area (Å²) < 4.78 is 26.4. The molecule has 0 spiro atoms. The Labute approximate surface area is 186 Å². The van der Waals surface area contributed by atoms with Crippen LogP contribution in [0.5, 0.6) is 0 Å². The molecular weight excluding hydrogens is 489 g/mol. The number of rotatable bonds is 6. The lowest BCUT2D eigenvalue weighted by Gasteiger charge is -2.16. The number of hydrogen-bond donors (Lipinski definition) is 3. The smallest absolute Gasteiger partial charge is 0.243 e. The van der Waals surface area contributed by atoms with Gasteiger partial charge in [-0.2, -0.15) is 0 Å². The molecule has 0 bridgehead atoms. The number of aliphatic imine (C=N–C) groups is 1. The van der Waals surface area contributed by atoms with Crippen LogP contribution in [0, 0.1) is 24.0 Å². The lowest BCUT2D eigenvalue weighted by atomic mass is 10.0. The van der Waals surface area contributed by atoms with Crippen LogP contribution in [0.3, 0.4) is 0 Å². The van der Waals surface area contributed by atoms with E-state index in [1.54, 1.807) is 37.4 Å². The zero-order chi connectivity index (χ0) is 20.5. The molecule has 1 unspecified atom stereocenters. The van der Waals surface area contributed by atoms with E-state index in [1.165, 1.54) is 6.07 Å². The Hall–Kier alpha value is -2.67. The summed E-state index contributed by atoms with van der Waals surface area (Å²) in [5.74, 6) is 0.826. The van der Waals surface area contributed by atoms with Crippen LogP contribution in [0.4, 0.5) is 14.5 Å². The van der Waals surface area contributed by atoms with Crippen molar-refractivity contribution in [3.05, 3.63) is 65.2 Å². The number of hydrogen-bond acceptors (Lipinski definition) is 2. The van der Waals surface area contributed by atoms with Gasteiger partial charge in [-0.25, -0.2) is 8.78 Å². The van der Waals surface area contributed by atoms with Crippen molar-refractivity contribution in [2.24, 2.45) is 4.99 Å². The third-order valence-corrected chi connectivity index (χ3v) is 4.04. The maximum absolute atomic E-state index is 13.4. The monoisotopic (exact) mass is 512 g/mol. The Morgan fingerprint density at radius 1 is 1.17 bits per heavy atom. The second kappa shape index (κ2) is 12.0. The van der Waals surface area contributed by atoms with Gasteiger partial charge in [0.2, 0.25) is 5.91 Å². The minimum Gasteiger partial charge on any atom is -0.356 e. The minimum atomic E-state index is -0.877. The number of guanidine groups is 1. The van der Waals surface area contributed by atoms with Crippen molar-refractivity contribution in [1.82, 2.24) is 10.6 Å². The van der Waals surface area contributed by atoms with Crippen LogP contribution in [0.15, 0.2) is 47.5 Å². The third-order valence-electron chi connectivity index (χ3n) is 4.04. The first-order chi connectivity index (χ1) is 13.4. The van der Waals surface area contributed by atoms with E-state index in [0.717, 1.165) is 6.07 Å². The van der Waals surface area contributed by atoms with E-state index in [4.69, 9.17) is 6.42 Å². The fraction of sp³-hybridized carbons (Fsp3) is 0.238. The molecule has 29 heavy (non-hydrogen) atoms. The molecule has 5 nitrogen and oxygen atoms in total. The van der Waals surface area contributed by atoms with E-state index >= 15 is 0 Å². The topological polar surface area (TPSA) is 65.5 Å². The number of anilines is 1. The summed E-state index contributed by atoms with van der Waals surface area (Å²) in [4.78, 5) is 16.1. The average molecular weight is 512 g/mol. The van der Waals surface area contributed by atoms with E-state index in [0.29, 0.717) is 29.3 Å². The Bertz CT molecular complexity index is 912. The molecule has 2 rings (SSSR count). The van der Waals surface area contributed by atoms with Crippen molar-refractivity contribution in [1.29, 1.82) is 0 Å². The summed E-state index contributed by atoms with van der Waals surface area (Å²) in [5, 5.41) is 8.69. The number of nitrogens with zero attached hydrogens (tertiary/aromatic N) is 1. The fourth-order valence-electron chi connectivity index (χ4n) is 2.46. The average Bonchev–Trinajstić information content (AvgIpc) is 2.70. The number of halogens is 3. The molecule has 154 valence electrons. The van der Waals surface area contributed by atoms with Crippen LogP contribution in [-0.2, 0) is 4.79 Å². The highest BCUT2D eigenvalue weighted by atomic mass is 127. The number of carbonyl (C=O) groups is 1. The Morgan fingerprint density at radius 2 is 1.93 bits per heavy atom. The Balaban J connectivity index is 0.00000420. The summed E-state index contributed by atoms with van der Waals surface area (Å²) in [6.07, 6.45) is 5.34. The molecule has 0 aliphatic rings. The zero-order valence-electron chi connectivity index (χ0n) is 16.1. The van der Waals surface area contributed by atoms with Crippen LogP contribution in [0.25, 0.3) is 0 Å². The van der Waals surface area contributed by atoms with Gasteiger partial charge in [-0.3, -0.25) is 9.79 Å². The fourth-order valence-corrected chi connectivity index (χ4v) is 2.46. The van der Waals surface area contributed by atoms with Crippen LogP contribution >= 0.6 is 24.0 Å². The van der Waals surface area contributed by atoms with Crippen LogP contribution in [0.2, 0.25) is 0 Å². The van der Waals surface area contributed by atoms with E-state index < -0.39 is 11.6 Å². The maximum atomic E-state index is 13.4. The molecule has 0 saturated carbocycles. The second-order valence-electron chi connectivity index (χ2n) is 6.15. The summed E-state index contributed by atoms with van der Waals surface area (Å²) >= 11 is 0. The molecule has 1 atom stereocenters. The Kier molecular flexibility index (Phi) is 10.1. The molecule has 0 aromatic heterocycles. The molecule has 3 N–H and O–H groups in total. The minimum absolute atomic E-state index is 0. The highest BCUT2D eigenvalue weighted by Crippen LogP contribution is 2.17. The molecule has 0 saturated heterocycles. The molecule has 0 fully saturated rings. The van der Waals surface area contributed by atoms with Crippen molar-refractivity contribution in [3.63, 3.8) is 0 Å². The molecule has 8 heteroatoms. The van der Waals surface area contributed by atoms with Crippen molar-refractivity contribution in [2.45, 2.75) is 12.8 Å². The molecule has 2 aromatic rings. The number of amides is 1. The first-order valence-corrected chi connectivity index (χ1v) is 8.69. The van der Waals surface area contributed by atoms with Crippen LogP contribution in [0.1, 0.15) is 24.0 Å².